The summed E-state index contributed by atoms with van der Waals surface area (Å²) in [5.74, 6) is 1.26. The predicted octanol–water partition coefficient (Wildman–Crippen LogP) is 2.07. The van der Waals surface area contributed by atoms with Crippen molar-refractivity contribution < 1.29 is 37.4 Å². The van der Waals surface area contributed by atoms with Crippen LogP contribution in [0.4, 0.5) is 14.5 Å². The van der Waals surface area contributed by atoms with E-state index in [1.165, 1.54) is 13.2 Å². The fourth-order valence-electron chi connectivity index (χ4n) is 2.94. The molecule has 7 nitrogen and oxygen atoms in total. The summed E-state index contributed by atoms with van der Waals surface area (Å²) in [7, 11) is 3.26. The first-order valence-corrected chi connectivity index (χ1v) is 9.02. The van der Waals surface area contributed by atoms with E-state index in [-0.39, 0.29) is 30.2 Å². The molecule has 0 saturated carbocycles. The summed E-state index contributed by atoms with van der Waals surface area (Å²) in [5.41, 5.74) is 1.44. The van der Waals surface area contributed by atoms with Gasteiger partial charge >= 0.3 is 6.61 Å². The van der Waals surface area contributed by atoms with Gasteiger partial charge < -0.3 is 29.2 Å². The number of rotatable bonds is 8. The quantitative estimate of drug-likeness (QED) is 0.699. The Morgan fingerprint density at radius 2 is 1.93 bits per heavy atom. The van der Waals surface area contributed by atoms with Gasteiger partial charge in [0.05, 0.1) is 14.2 Å². The minimum Gasteiger partial charge on any atom is -0.493 e. The maximum Gasteiger partial charge on any atom is 0.387 e. The van der Waals surface area contributed by atoms with E-state index in [2.05, 4.69) is 10.1 Å². The average Bonchev–Trinajstić information content (AvgIpc) is 3.15. The SMILES string of the molecule is COc1cc(C[NH+](C)[C@@H](C)C(=O)Nc2ccc3c(c2)OCO3)ccc1OC(F)F. The number of ether oxygens (including phenoxy) is 4. The van der Waals surface area contributed by atoms with Crippen LogP contribution in [0.2, 0.25) is 0 Å². The lowest BCUT2D eigenvalue weighted by Gasteiger charge is -2.21. The molecule has 0 saturated heterocycles. The van der Waals surface area contributed by atoms with Crippen molar-refractivity contribution in [3.05, 3.63) is 42.0 Å². The number of amides is 1. The Bertz CT molecular complexity index is 878. The zero-order valence-corrected chi connectivity index (χ0v) is 16.3. The number of methoxy groups -OCH3 is 1. The maximum atomic E-state index is 12.6. The van der Waals surface area contributed by atoms with Crippen LogP contribution in [-0.4, -0.2) is 39.5 Å². The molecule has 0 fully saturated rings. The van der Waals surface area contributed by atoms with Crippen LogP contribution in [0.25, 0.3) is 0 Å². The molecule has 156 valence electrons. The molecule has 0 aliphatic carbocycles. The molecule has 2 atom stereocenters. The van der Waals surface area contributed by atoms with Crippen molar-refractivity contribution in [3.8, 4) is 23.0 Å². The van der Waals surface area contributed by atoms with Crippen LogP contribution < -0.4 is 29.2 Å². The molecule has 0 radical (unpaired) electrons. The number of nitrogens with one attached hydrogen (secondary N) is 2. The van der Waals surface area contributed by atoms with Crippen LogP contribution in [0, 0.1) is 0 Å². The Labute approximate surface area is 167 Å². The number of hydrogen-bond donors (Lipinski definition) is 2. The number of halogens is 2. The summed E-state index contributed by atoms with van der Waals surface area (Å²) in [6, 6.07) is 9.58. The van der Waals surface area contributed by atoms with Gasteiger partial charge in [0.1, 0.15) is 6.54 Å². The van der Waals surface area contributed by atoms with Crippen LogP contribution in [0.5, 0.6) is 23.0 Å². The van der Waals surface area contributed by atoms with E-state index in [1.54, 1.807) is 30.3 Å². The Balaban J connectivity index is 1.62. The molecule has 1 aliphatic heterocycles. The fourth-order valence-corrected chi connectivity index (χ4v) is 2.94. The van der Waals surface area contributed by atoms with Gasteiger partial charge in [0, 0.05) is 17.3 Å². The minimum atomic E-state index is -2.93. The highest BCUT2D eigenvalue weighted by molar-refractivity contribution is 5.93. The van der Waals surface area contributed by atoms with Gasteiger partial charge in [-0.2, -0.15) is 8.78 Å². The number of carbonyl (C=O) groups is 1. The second kappa shape index (κ2) is 8.95. The molecular formula is C20H23F2N2O5+. The highest BCUT2D eigenvalue weighted by Crippen LogP contribution is 2.34. The second-order valence-electron chi connectivity index (χ2n) is 6.67. The third-order valence-electron chi connectivity index (χ3n) is 4.70. The Morgan fingerprint density at radius 1 is 1.17 bits per heavy atom. The third-order valence-corrected chi connectivity index (χ3v) is 4.70. The fraction of sp³-hybridized carbons (Fsp3) is 0.350. The van der Waals surface area contributed by atoms with E-state index < -0.39 is 6.61 Å². The van der Waals surface area contributed by atoms with Crippen molar-refractivity contribution in [2.24, 2.45) is 0 Å². The number of benzene rings is 2. The molecular weight excluding hydrogens is 386 g/mol. The summed E-state index contributed by atoms with van der Waals surface area (Å²) in [6.07, 6.45) is 0. The van der Waals surface area contributed by atoms with E-state index in [0.29, 0.717) is 23.7 Å². The first-order chi connectivity index (χ1) is 13.9. The summed E-state index contributed by atoms with van der Waals surface area (Å²) in [5, 5.41) is 2.87. The lowest BCUT2D eigenvalue weighted by molar-refractivity contribution is -0.907. The van der Waals surface area contributed by atoms with Gasteiger partial charge in [0.2, 0.25) is 6.79 Å². The van der Waals surface area contributed by atoms with Gasteiger partial charge in [-0.3, -0.25) is 4.79 Å². The summed E-state index contributed by atoms with van der Waals surface area (Å²) in [4.78, 5) is 13.5. The number of hydrogen-bond acceptors (Lipinski definition) is 5. The number of anilines is 1. The van der Waals surface area contributed by atoms with Crippen LogP contribution in [0.3, 0.4) is 0 Å². The highest BCUT2D eigenvalue weighted by Gasteiger charge is 2.23. The molecule has 2 aromatic rings. The van der Waals surface area contributed by atoms with Crippen LogP contribution in [-0.2, 0) is 11.3 Å². The summed E-state index contributed by atoms with van der Waals surface area (Å²) in [6.45, 7) is -0.465. The summed E-state index contributed by atoms with van der Waals surface area (Å²) >= 11 is 0. The molecule has 1 heterocycles. The molecule has 0 spiro atoms. The van der Waals surface area contributed by atoms with Gasteiger partial charge in [-0.25, -0.2) is 0 Å². The summed E-state index contributed by atoms with van der Waals surface area (Å²) < 4.78 is 45.0. The molecule has 1 aliphatic rings. The van der Waals surface area contributed by atoms with E-state index >= 15 is 0 Å². The molecule has 1 unspecified atom stereocenters. The van der Waals surface area contributed by atoms with Gasteiger partial charge in [-0.05, 0) is 37.3 Å². The molecule has 0 bridgehead atoms. The van der Waals surface area contributed by atoms with Crippen molar-refractivity contribution in [2.45, 2.75) is 26.1 Å². The normalized spacial score (nSPS) is 14.4. The minimum absolute atomic E-state index is 0.0301. The first-order valence-electron chi connectivity index (χ1n) is 9.02. The number of fused-ring (bicyclic) bond motifs is 1. The Morgan fingerprint density at radius 3 is 2.66 bits per heavy atom. The lowest BCUT2D eigenvalue weighted by atomic mass is 10.1. The number of carbonyl (C=O) groups excluding carboxylic acids is 1. The number of alkyl halides is 2. The van der Waals surface area contributed by atoms with E-state index in [0.717, 1.165) is 10.5 Å². The standard InChI is InChI=1S/C20H22F2N2O5/c1-12(19(25)23-14-5-7-15-18(9-14)28-11-27-15)24(2)10-13-4-6-16(29-20(21)22)17(8-13)26-3/h4-9,12,20H,10-11H2,1-3H3,(H,23,25)/p+1/t12-/m0/s1. The second-order valence-corrected chi connectivity index (χ2v) is 6.67. The predicted molar refractivity (Wildman–Crippen MR) is 101 cm³/mol. The molecule has 1 amide bonds. The third kappa shape index (κ3) is 5.05. The van der Waals surface area contributed by atoms with Crippen LogP contribution in [0.1, 0.15) is 12.5 Å². The molecule has 9 heteroatoms. The number of likely N-dealkylation sites (N-methyl/N-ethyl adjacent to an activating group) is 1. The van der Waals surface area contributed by atoms with Crippen molar-refractivity contribution in [1.82, 2.24) is 0 Å². The number of quaternary nitrogens is 1. The molecule has 3 rings (SSSR count). The molecule has 2 N–H and O–H groups in total. The van der Waals surface area contributed by atoms with Crippen LogP contribution in [0.15, 0.2) is 36.4 Å². The van der Waals surface area contributed by atoms with Crippen molar-refractivity contribution in [2.75, 3.05) is 26.3 Å². The van der Waals surface area contributed by atoms with Crippen molar-refractivity contribution >= 4 is 11.6 Å². The highest BCUT2D eigenvalue weighted by atomic mass is 19.3. The molecule has 0 aromatic heterocycles. The molecule has 29 heavy (non-hydrogen) atoms. The van der Waals surface area contributed by atoms with Gasteiger partial charge in [-0.1, -0.05) is 0 Å². The van der Waals surface area contributed by atoms with Gasteiger partial charge in [0.15, 0.2) is 29.0 Å². The maximum absolute atomic E-state index is 12.6. The Kier molecular flexibility index (Phi) is 6.38. The van der Waals surface area contributed by atoms with Crippen molar-refractivity contribution in [1.29, 1.82) is 0 Å². The zero-order valence-electron chi connectivity index (χ0n) is 16.3. The van der Waals surface area contributed by atoms with Crippen molar-refractivity contribution in [3.63, 3.8) is 0 Å². The lowest BCUT2D eigenvalue weighted by Crippen LogP contribution is -3.12. The van der Waals surface area contributed by atoms with Gasteiger partial charge in [0.25, 0.3) is 5.91 Å². The first kappa shape index (κ1) is 20.7. The Hall–Kier alpha value is -3.07. The largest absolute Gasteiger partial charge is 0.493 e. The topological polar surface area (TPSA) is 70.5 Å². The zero-order chi connectivity index (χ0) is 21.0. The average molecular weight is 409 g/mol. The van der Waals surface area contributed by atoms with E-state index in [9.17, 15) is 13.6 Å². The van der Waals surface area contributed by atoms with Crippen LogP contribution >= 0.6 is 0 Å². The molecule has 2 aromatic carbocycles. The monoisotopic (exact) mass is 409 g/mol. The smallest absolute Gasteiger partial charge is 0.387 e. The van der Waals surface area contributed by atoms with E-state index in [4.69, 9.17) is 14.2 Å². The van der Waals surface area contributed by atoms with Gasteiger partial charge in [-0.15, -0.1) is 0 Å². The van der Waals surface area contributed by atoms with E-state index in [1.807, 2.05) is 14.0 Å².